The number of benzene rings is 2. The second-order valence-electron chi connectivity index (χ2n) is 6.67. The molecule has 0 radical (unpaired) electrons. The van der Waals surface area contributed by atoms with Gasteiger partial charge >= 0.3 is 0 Å². The van der Waals surface area contributed by atoms with Crippen LogP contribution in [-0.4, -0.2) is 23.5 Å². The molecule has 1 aliphatic heterocycles. The van der Waals surface area contributed by atoms with Gasteiger partial charge < -0.3 is 4.42 Å². The van der Waals surface area contributed by atoms with Gasteiger partial charge in [0.15, 0.2) is 0 Å². The molecule has 158 valence electrons. The molecule has 1 aliphatic rings. The van der Waals surface area contributed by atoms with Gasteiger partial charge in [-0.2, -0.15) is 0 Å². The lowest BCUT2D eigenvalue weighted by Gasteiger charge is -2.14. The van der Waals surface area contributed by atoms with Crippen molar-refractivity contribution in [3.05, 3.63) is 80.5 Å². The van der Waals surface area contributed by atoms with E-state index >= 15 is 0 Å². The number of thioether (sulfide) groups is 1. The van der Waals surface area contributed by atoms with Gasteiger partial charge in [-0.25, -0.2) is 13.6 Å². The van der Waals surface area contributed by atoms with E-state index in [0.717, 1.165) is 9.13 Å². The number of sulfonamides is 1. The van der Waals surface area contributed by atoms with E-state index in [1.54, 1.807) is 35.2 Å². The van der Waals surface area contributed by atoms with Crippen LogP contribution in [0.15, 0.2) is 74.9 Å². The average molecular weight is 582 g/mol. The zero-order chi connectivity index (χ0) is 22.2. The summed E-state index contributed by atoms with van der Waals surface area (Å²) in [5.74, 6) is 0.881. The molecular weight excluding hydrogens is 567 g/mol. The highest BCUT2D eigenvalue weighted by Crippen LogP contribution is 2.34. The molecule has 0 unspecified atom stereocenters. The van der Waals surface area contributed by atoms with Gasteiger partial charge in [-0.1, -0.05) is 36.1 Å². The van der Waals surface area contributed by atoms with E-state index < -0.39 is 10.0 Å². The molecule has 0 atom stereocenters. The summed E-state index contributed by atoms with van der Waals surface area (Å²) in [5, 5.41) is 5.12. The third kappa shape index (κ3) is 5.09. The third-order valence-electron chi connectivity index (χ3n) is 4.47. The molecule has 2 N–H and O–H groups in total. The molecule has 10 heteroatoms. The summed E-state index contributed by atoms with van der Waals surface area (Å²) < 4.78 is 30.2. The van der Waals surface area contributed by atoms with Crippen LogP contribution in [0.4, 0.5) is 0 Å². The van der Waals surface area contributed by atoms with Gasteiger partial charge in [-0.05, 0) is 76.7 Å². The summed E-state index contributed by atoms with van der Waals surface area (Å²) in [6, 6.07) is 17.5. The molecule has 2 aromatic carbocycles. The summed E-state index contributed by atoms with van der Waals surface area (Å²) in [5.41, 5.74) is 1.70. The molecule has 2 heterocycles. The number of nitrogens with zero attached hydrogens (tertiary/aromatic N) is 1. The fraction of sp³-hybridized carbons (Fsp3) is 0.0476. The minimum atomic E-state index is -3.75. The maximum Gasteiger partial charge on any atom is 0.266 e. The first-order valence-electron chi connectivity index (χ1n) is 8.93. The number of furan rings is 1. The Bertz CT molecular complexity index is 1310. The molecule has 0 bridgehead atoms. The Labute approximate surface area is 202 Å². The van der Waals surface area contributed by atoms with Crippen LogP contribution in [0, 0.1) is 3.57 Å². The first kappa shape index (κ1) is 22.2. The number of nitrogens with two attached hydrogens (primary N) is 1. The van der Waals surface area contributed by atoms with Crippen molar-refractivity contribution in [2.24, 2.45) is 5.14 Å². The maximum atomic E-state index is 12.9. The highest BCUT2D eigenvalue weighted by atomic mass is 127. The first-order chi connectivity index (χ1) is 14.7. The number of carbonyl (C=O) groups is 1. The predicted molar refractivity (Wildman–Crippen MR) is 133 cm³/mol. The van der Waals surface area contributed by atoms with Crippen LogP contribution in [-0.2, 0) is 21.4 Å². The molecule has 1 fully saturated rings. The average Bonchev–Trinajstić information content (AvgIpc) is 3.28. The fourth-order valence-electron chi connectivity index (χ4n) is 2.98. The topological polar surface area (TPSA) is 93.6 Å². The number of carbonyl (C=O) groups excluding carboxylic acids is 1. The smallest absolute Gasteiger partial charge is 0.266 e. The molecule has 6 nitrogen and oxygen atoms in total. The number of thiocarbonyl (C=S) groups is 1. The molecule has 1 saturated heterocycles. The number of hydrogen-bond acceptors (Lipinski definition) is 6. The SMILES string of the molecule is NS(=O)(=O)c1ccc(-c2ccc(/C=C3\SC(=S)N(Cc4cccc(I)c4)C3=O)o2)cc1. The minimum absolute atomic E-state index is 0.0276. The van der Waals surface area contributed by atoms with Gasteiger partial charge in [0.25, 0.3) is 5.91 Å². The summed E-state index contributed by atoms with van der Waals surface area (Å²) in [6.45, 7) is 0.415. The van der Waals surface area contributed by atoms with Crippen molar-refractivity contribution in [1.82, 2.24) is 4.90 Å². The quantitative estimate of drug-likeness (QED) is 0.269. The Morgan fingerprint density at radius 1 is 1.13 bits per heavy atom. The van der Waals surface area contributed by atoms with E-state index in [1.807, 2.05) is 24.3 Å². The second-order valence-corrected chi connectivity index (χ2v) is 11.2. The molecular formula is C21H15IN2O4S3. The van der Waals surface area contributed by atoms with Crippen molar-refractivity contribution in [2.45, 2.75) is 11.4 Å². The highest BCUT2D eigenvalue weighted by Gasteiger charge is 2.32. The number of rotatable bonds is 5. The summed E-state index contributed by atoms with van der Waals surface area (Å²) >= 11 is 8.87. The van der Waals surface area contributed by atoms with Crippen LogP contribution in [0.3, 0.4) is 0 Å². The Morgan fingerprint density at radius 3 is 2.55 bits per heavy atom. The van der Waals surface area contributed by atoms with Crippen molar-refractivity contribution in [3.63, 3.8) is 0 Å². The maximum absolute atomic E-state index is 12.9. The first-order valence-corrected chi connectivity index (χ1v) is 12.8. The lowest BCUT2D eigenvalue weighted by atomic mass is 10.2. The van der Waals surface area contributed by atoms with Gasteiger partial charge in [-0.3, -0.25) is 9.69 Å². The molecule has 3 aromatic rings. The van der Waals surface area contributed by atoms with E-state index in [0.29, 0.717) is 32.9 Å². The second kappa shape index (κ2) is 8.87. The molecule has 0 saturated carbocycles. The number of amides is 1. The van der Waals surface area contributed by atoms with Crippen molar-refractivity contribution in [3.8, 4) is 11.3 Å². The van der Waals surface area contributed by atoms with Crippen molar-refractivity contribution < 1.29 is 17.6 Å². The van der Waals surface area contributed by atoms with E-state index in [1.165, 1.54) is 23.9 Å². The highest BCUT2D eigenvalue weighted by molar-refractivity contribution is 14.1. The van der Waals surface area contributed by atoms with Crippen molar-refractivity contribution in [2.75, 3.05) is 0 Å². The molecule has 4 rings (SSSR count). The van der Waals surface area contributed by atoms with Gasteiger partial charge in [-0.15, -0.1) is 0 Å². The van der Waals surface area contributed by atoms with Gasteiger partial charge in [0.1, 0.15) is 15.8 Å². The Kier molecular flexibility index (Phi) is 6.35. The molecule has 31 heavy (non-hydrogen) atoms. The van der Waals surface area contributed by atoms with Crippen molar-refractivity contribution >= 4 is 72.9 Å². The zero-order valence-corrected chi connectivity index (χ0v) is 20.4. The molecule has 0 aliphatic carbocycles. The van der Waals surface area contributed by atoms with Crippen LogP contribution >= 0.6 is 46.6 Å². The van der Waals surface area contributed by atoms with Crippen LogP contribution in [0.5, 0.6) is 0 Å². The van der Waals surface area contributed by atoms with Gasteiger partial charge in [0.05, 0.1) is 16.3 Å². The minimum Gasteiger partial charge on any atom is -0.457 e. The summed E-state index contributed by atoms with van der Waals surface area (Å²) in [7, 11) is -3.75. The van der Waals surface area contributed by atoms with Crippen molar-refractivity contribution in [1.29, 1.82) is 0 Å². The van der Waals surface area contributed by atoms with Crippen LogP contribution in [0.2, 0.25) is 0 Å². The molecule has 1 aromatic heterocycles. The van der Waals surface area contributed by atoms with E-state index in [9.17, 15) is 13.2 Å². The molecule has 1 amide bonds. The van der Waals surface area contributed by atoms with Gasteiger partial charge in [0.2, 0.25) is 10.0 Å². The van der Waals surface area contributed by atoms with E-state index in [2.05, 4.69) is 22.6 Å². The van der Waals surface area contributed by atoms with E-state index in [-0.39, 0.29) is 10.8 Å². The number of hydrogen-bond donors (Lipinski definition) is 1. The van der Waals surface area contributed by atoms with Crippen LogP contribution in [0.1, 0.15) is 11.3 Å². The number of primary sulfonamides is 1. The monoisotopic (exact) mass is 582 g/mol. The zero-order valence-electron chi connectivity index (χ0n) is 15.8. The fourth-order valence-corrected chi connectivity index (χ4v) is 5.34. The van der Waals surface area contributed by atoms with Gasteiger partial charge in [0, 0.05) is 15.2 Å². The Hall–Kier alpha value is -1.99. The van der Waals surface area contributed by atoms with Crippen LogP contribution in [0.25, 0.3) is 17.4 Å². The largest absolute Gasteiger partial charge is 0.457 e. The number of halogens is 1. The lowest BCUT2D eigenvalue weighted by Crippen LogP contribution is -2.27. The Balaban J connectivity index is 1.52. The summed E-state index contributed by atoms with van der Waals surface area (Å²) in [4.78, 5) is 14.9. The van der Waals surface area contributed by atoms with Crippen LogP contribution < -0.4 is 5.14 Å². The lowest BCUT2D eigenvalue weighted by molar-refractivity contribution is -0.122. The predicted octanol–water partition coefficient (Wildman–Crippen LogP) is 4.60. The van der Waals surface area contributed by atoms with E-state index in [4.69, 9.17) is 21.8 Å². The third-order valence-corrected chi connectivity index (χ3v) is 7.45. The normalized spacial score (nSPS) is 15.8. The standard InChI is InChI=1S/C21H15IN2O4S3/c22-15-3-1-2-13(10-15)12-24-20(25)19(30-21(24)29)11-16-6-9-18(28-16)14-4-7-17(8-5-14)31(23,26)27/h1-11H,12H2,(H2,23,26,27)/b19-11-. The molecule has 0 spiro atoms. The Morgan fingerprint density at radius 2 is 1.87 bits per heavy atom. The summed E-state index contributed by atoms with van der Waals surface area (Å²) in [6.07, 6.45) is 1.66.